The van der Waals surface area contributed by atoms with Crippen molar-refractivity contribution in [1.29, 1.82) is 0 Å². The first-order chi connectivity index (χ1) is 24.3. The van der Waals surface area contributed by atoms with Gasteiger partial charge in [-0.05, 0) is 93.3 Å². The summed E-state index contributed by atoms with van der Waals surface area (Å²) in [6.45, 7) is 0. The van der Waals surface area contributed by atoms with E-state index in [1.807, 2.05) is 0 Å². The summed E-state index contributed by atoms with van der Waals surface area (Å²) in [6, 6.07) is 61.2. The van der Waals surface area contributed by atoms with E-state index in [1.165, 1.54) is 43.4 Å². The van der Waals surface area contributed by atoms with Crippen LogP contribution in [0.15, 0.2) is 174 Å². The van der Waals surface area contributed by atoms with Crippen molar-refractivity contribution < 1.29 is 4.42 Å². The lowest BCUT2D eigenvalue weighted by Gasteiger charge is -2.11. The maximum atomic E-state index is 7.01. The average Bonchev–Trinajstić information content (AvgIpc) is 3.82. The van der Waals surface area contributed by atoms with Crippen LogP contribution in [0, 0.1) is 0 Å². The normalized spacial score (nSPS) is 12.1. The molecule has 3 heterocycles. The predicted octanol–water partition coefficient (Wildman–Crippen LogP) is 12.6. The van der Waals surface area contributed by atoms with Gasteiger partial charge in [0.1, 0.15) is 5.52 Å². The molecular formula is C46H28N2O. The second-order valence-corrected chi connectivity index (χ2v) is 13.0. The molecule has 0 saturated carbocycles. The van der Waals surface area contributed by atoms with Crippen LogP contribution < -0.4 is 0 Å². The van der Waals surface area contributed by atoms with Gasteiger partial charge in [-0.3, -0.25) is 0 Å². The average molecular weight is 625 g/mol. The summed E-state index contributed by atoms with van der Waals surface area (Å²) < 4.78 is 11.7. The molecular weight excluding hydrogens is 597 g/mol. The SMILES string of the molecule is c1ccc(-n2c3ccccc3c3oc4c(ccc5c6ccccc6n(-c6ccc7cc(-c8ccc9ccccc9c8)ccc7c6)c54)c32)cc1. The van der Waals surface area contributed by atoms with Crippen molar-refractivity contribution in [2.75, 3.05) is 0 Å². The van der Waals surface area contributed by atoms with Gasteiger partial charge in [-0.2, -0.15) is 0 Å². The maximum absolute atomic E-state index is 7.01. The summed E-state index contributed by atoms with van der Waals surface area (Å²) in [5.74, 6) is 0. The van der Waals surface area contributed by atoms with E-state index >= 15 is 0 Å². The molecule has 0 saturated heterocycles. The maximum Gasteiger partial charge on any atom is 0.161 e. The van der Waals surface area contributed by atoms with Crippen molar-refractivity contribution in [2.24, 2.45) is 0 Å². The molecule has 0 amide bonds. The fourth-order valence-electron chi connectivity index (χ4n) is 8.01. The molecule has 3 heteroatoms. The summed E-state index contributed by atoms with van der Waals surface area (Å²) in [5, 5.41) is 9.54. The van der Waals surface area contributed by atoms with Crippen LogP contribution in [0.3, 0.4) is 0 Å². The molecule has 11 aromatic rings. The lowest BCUT2D eigenvalue weighted by molar-refractivity contribution is 0.675. The Hall–Kier alpha value is -6.58. The first-order valence-electron chi connectivity index (χ1n) is 16.8. The van der Waals surface area contributed by atoms with Crippen molar-refractivity contribution in [3.63, 3.8) is 0 Å². The van der Waals surface area contributed by atoms with Crippen molar-refractivity contribution in [1.82, 2.24) is 9.13 Å². The van der Waals surface area contributed by atoms with E-state index in [2.05, 4.69) is 179 Å². The molecule has 11 rings (SSSR count). The monoisotopic (exact) mass is 624 g/mol. The van der Waals surface area contributed by atoms with E-state index in [1.54, 1.807) is 0 Å². The highest BCUT2D eigenvalue weighted by Crippen LogP contribution is 2.44. The number of aromatic nitrogens is 2. The summed E-state index contributed by atoms with van der Waals surface area (Å²) in [4.78, 5) is 0. The number of furan rings is 1. The van der Waals surface area contributed by atoms with Gasteiger partial charge in [0.25, 0.3) is 0 Å². The van der Waals surface area contributed by atoms with Gasteiger partial charge in [0.05, 0.1) is 16.6 Å². The molecule has 0 atom stereocenters. The molecule has 0 aliphatic rings. The minimum absolute atomic E-state index is 0.904. The topological polar surface area (TPSA) is 23.0 Å². The molecule has 0 fully saturated rings. The van der Waals surface area contributed by atoms with Gasteiger partial charge in [0.2, 0.25) is 0 Å². The zero-order valence-corrected chi connectivity index (χ0v) is 26.5. The zero-order valence-electron chi connectivity index (χ0n) is 26.5. The van der Waals surface area contributed by atoms with E-state index in [-0.39, 0.29) is 0 Å². The van der Waals surface area contributed by atoms with Crippen molar-refractivity contribution >= 4 is 76.3 Å². The van der Waals surface area contributed by atoms with E-state index in [4.69, 9.17) is 4.42 Å². The molecule has 3 nitrogen and oxygen atoms in total. The summed E-state index contributed by atoms with van der Waals surface area (Å²) in [6.07, 6.45) is 0. The van der Waals surface area contributed by atoms with E-state index < -0.39 is 0 Å². The van der Waals surface area contributed by atoms with Gasteiger partial charge < -0.3 is 13.6 Å². The molecule has 0 bridgehead atoms. The van der Waals surface area contributed by atoms with Crippen LogP contribution in [-0.4, -0.2) is 9.13 Å². The number of rotatable bonds is 3. The van der Waals surface area contributed by atoms with Crippen LogP contribution >= 0.6 is 0 Å². The Morgan fingerprint density at radius 2 is 0.857 bits per heavy atom. The first-order valence-corrected chi connectivity index (χ1v) is 16.8. The molecule has 0 aliphatic heterocycles. The van der Waals surface area contributed by atoms with Gasteiger partial charge in [-0.1, -0.05) is 109 Å². The van der Waals surface area contributed by atoms with Gasteiger partial charge in [-0.15, -0.1) is 0 Å². The lowest BCUT2D eigenvalue weighted by Crippen LogP contribution is -1.95. The number of para-hydroxylation sites is 3. The van der Waals surface area contributed by atoms with Crippen molar-refractivity contribution in [3.8, 4) is 22.5 Å². The molecule has 0 aliphatic carbocycles. The van der Waals surface area contributed by atoms with Crippen molar-refractivity contribution in [2.45, 2.75) is 0 Å². The lowest BCUT2D eigenvalue weighted by atomic mass is 9.98. The Balaban J connectivity index is 1.16. The van der Waals surface area contributed by atoms with Gasteiger partial charge >= 0.3 is 0 Å². The molecule has 8 aromatic carbocycles. The smallest absolute Gasteiger partial charge is 0.161 e. The Bertz CT molecular complexity index is 3100. The minimum atomic E-state index is 0.904. The van der Waals surface area contributed by atoms with E-state index in [9.17, 15) is 0 Å². The molecule has 0 N–H and O–H groups in total. The van der Waals surface area contributed by atoms with Crippen LogP contribution in [-0.2, 0) is 0 Å². The van der Waals surface area contributed by atoms with Crippen LogP contribution in [0.2, 0.25) is 0 Å². The third kappa shape index (κ3) is 3.78. The predicted molar refractivity (Wildman–Crippen MR) is 205 cm³/mol. The highest BCUT2D eigenvalue weighted by Gasteiger charge is 2.23. The van der Waals surface area contributed by atoms with Crippen molar-refractivity contribution in [3.05, 3.63) is 170 Å². The first kappa shape index (κ1) is 26.5. The molecule has 0 unspecified atom stereocenters. The fourth-order valence-corrected chi connectivity index (χ4v) is 8.01. The second-order valence-electron chi connectivity index (χ2n) is 13.0. The van der Waals surface area contributed by atoms with E-state index in [0.29, 0.717) is 0 Å². The number of hydrogen-bond donors (Lipinski definition) is 0. The number of hydrogen-bond acceptors (Lipinski definition) is 1. The minimum Gasteiger partial charge on any atom is -0.451 e. The molecule has 228 valence electrons. The van der Waals surface area contributed by atoms with E-state index in [0.717, 1.165) is 55.4 Å². The third-order valence-corrected chi connectivity index (χ3v) is 10.3. The molecule has 0 spiro atoms. The Morgan fingerprint density at radius 1 is 0.327 bits per heavy atom. The third-order valence-electron chi connectivity index (χ3n) is 10.3. The van der Waals surface area contributed by atoms with Crippen LogP contribution in [0.25, 0.3) is 98.8 Å². The van der Waals surface area contributed by atoms with Crippen LogP contribution in [0.1, 0.15) is 0 Å². The quantitative estimate of drug-likeness (QED) is 0.192. The van der Waals surface area contributed by atoms with Crippen LogP contribution in [0.5, 0.6) is 0 Å². The zero-order chi connectivity index (χ0) is 32.1. The Kier molecular flexibility index (Phi) is 5.38. The molecule has 3 aromatic heterocycles. The summed E-state index contributed by atoms with van der Waals surface area (Å²) in [5.41, 5.74) is 11.0. The number of fused-ring (bicyclic) bond motifs is 11. The number of nitrogens with zero attached hydrogens (tertiary/aromatic N) is 2. The van der Waals surface area contributed by atoms with Crippen LogP contribution in [0.4, 0.5) is 0 Å². The summed E-state index contributed by atoms with van der Waals surface area (Å²) >= 11 is 0. The highest BCUT2D eigenvalue weighted by atomic mass is 16.3. The van der Waals surface area contributed by atoms with Gasteiger partial charge in [0.15, 0.2) is 11.2 Å². The highest BCUT2D eigenvalue weighted by molar-refractivity contribution is 6.24. The van der Waals surface area contributed by atoms with Gasteiger partial charge in [-0.25, -0.2) is 0 Å². The Labute approximate surface area is 281 Å². The fraction of sp³-hybridized carbons (Fsp3) is 0. The summed E-state index contributed by atoms with van der Waals surface area (Å²) in [7, 11) is 0. The molecule has 0 radical (unpaired) electrons. The largest absolute Gasteiger partial charge is 0.451 e. The Morgan fingerprint density at radius 3 is 1.67 bits per heavy atom. The second kappa shape index (κ2) is 9.96. The molecule has 49 heavy (non-hydrogen) atoms. The van der Waals surface area contributed by atoms with Gasteiger partial charge in [0, 0.05) is 32.9 Å². The number of benzene rings is 8. The standard InChI is InChI=1S/C46H28N2O/c1-2-12-35(13-3-1)47-42-17-9-7-15-39(42)45-44(47)40-25-24-38-37-14-6-8-16-41(37)48(43(38)46(40)49-45)36-23-22-33-27-32(20-21-34(33)28-36)31-19-18-29-10-4-5-11-30(29)26-31/h1-28H.